The van der Waals surface area contributed by atoms with Crippen molar-refractivity contribution in [1.82, 2.24) is 5.32 Å². The van der Waals surface area contributed by atoms with Crippen LogP contribution in [0.3, 0.4) is 0 Å². The molecule has 0 aliphatic heterocycles. The van der Waals surface area contributed by atoms with Crippen molar-refractivity contribution in [1.29, 1.82) is 0 Å². The van der Waals surface area contributed by atoms with Crippen LogP contribution in [-0.2, 0) is 6.42 Å². The van der Waals surface area contributed by atoms with Crippen LogP contribution >= 0.6 is 0 Å². The van der Waals surface area contributed by atoms with E-state index in [1.54, 1.807) is 17.7 Å². The Morgan fingerprint density at radius 3 is 2.65 bits per heavy atom. The third-order valence-electron chi connectivity index (χ3n) is 4.13. The minimum atomic E-state index is 0.348. The highest BCUT2D eigenvalue weighted by atomic mass is 16.3. The van der Waals surface area contributed by atoms with Gasteiger partial charge < -0.3 is 10.4 Å². The van der Waals surface area contributed by atoms with E-state index in [1.807, 2.05) is 12.1 Å². The zero-order valence-corrected chi connectivity index (χ0v) is 12.6. The van der Waals surface area contributed by atoms with E-state index >= 15 is 0 Å². The molecule has 1 aromatic carbocycles. The van der Waals surface area contributed by atoms with E-state index in [-0.39, 0.29) is 0 Å². The van der Waals surface area contributed by atoms with Gasteiger partial charge in [0, 0.05) is 6.04 Å². The molecule has 0 bridgehead atoms. The predicted octanol–water partition coefficient (Wildman–Crippen LogP) is 4.19. The molecule has 1 aliphatic carbocycles. The van der Waals surface area contributed by atoms with E-state index in [9.17, 15) is 5.11 Å². The molecule has 20 heavy (non-hydrogen) atoms. The molecule has 0 saturated heterocycles. The average molecular weight is 273 g/mol. The lowest BCUT2D eigenvalue weighted by atomic mass is 9.97. The fourth-order valence-corrected chi connectivity index (χ4v) is 2.76. The van der Waals surface area contributed by atoms with Crippen molar-refractivity contribution >= 4 is 0 Å². The lowest BCUT2D eigenvalue weighted by molar-refractivity contribution is 0.474. The molecule has 0 aromatic heterocycles. The smallest absolute Gasteiger partial charge is 0.115 e. The second-order valence-corrected chi connectivity index (χ2v) is 5.92. The average Bonchev–Trinajstić information content (AvgIpc) is 2.48. The molecule has 0 heterocycles. The summed E-state index contributed by atoms with van der Waals surface area (Å²) in [6, 6.07) is 8.10. The van der Waals surface area contributed by atoms with Gasteiger partial charge in [-0.15, -0.1) is 0 Å². The van der Waals surface area contributed by atoms with E-state index in [1.165, 1.54) is 37.7 Å². The van der Waals surface area contributed by atoms with Gasteiger partial charge in [0.2, 0.25) is 0 Å². The van der Waals surface area contributed by atoms with Crippen molar-refractivity contribution in [2.45, 2.75) is 57.9 Å². The first-order valence-electron chi connectivity index (χ1n) is 7.93. The van der Waals surface area contributed by atoms with E-state index < -0.39 is 0 Å². The van der Waals surface area contributed by atoms with Gasteiger partial charge in [-0.05, 0) is 76.1 Å². The zero-order valence-electron chi connectivity index (χ0n) is 12.6. The largest absolute Gasteiger partial charge is 0.508 e. The number of rotatable bonds is 7. The Balaban J connectivity index is 1.61. The van der Waals surface area contributed by atoms with Gasteiger partial charge in [0.15, 0.2) is 0 Å². The maximum Gasteiger partial charge on any atom is 0.115 e. The number of aryl methyl sites for hydroxylation is 1. The van der Waals surface area contributed by atoms with Gasteiger partial charge in [-0.3, -0.25) is 0 Å². The summed E-state index contributed by atoms with van der Waals surface area (Å²) < 4.78 is 0. The Kier molecular flexibility index (Phi) is 6.13. The Labute approximate surface area is 122 Å². The first kappa shape index (κ1) is 15.1. The highest BCUT2D eigenvalue weighted by Crippen LogP contribution is 2.19. The van der Waals surface area contributed by atoms with Crippen LogP contribution in [-0.4, -0.2) is 17.7 Å². The van der Waals surface area contributed by atoms with Crippen LogP contribution in [0.4, 0.5) is 0 Å². The molecule has 0 fully saturated rings. The van der Waals surface area contributed by atoms with E-state index in [0.717, 1.165) is 19.4 Å². The molecule has 110 valence electrons. The highest BCUT2D eigenvalue weighted by molar-refractivity contribution is 5.25. The topological polar surface area (TPSA) is 32.3 Å². The molecule has 0 radical (unpaired) electrons. The van der Waals surface area contributed by atoms with Crippen LogP contribution in [0, 0.1) is 0 Å². The lowest BCUT2D eigenvalue weighted by Gasteiger charge is -2.16. The Morgan fingerprint density at radius 2 is 1.95 bits per heavy atom. The fourth-order valence-electron chi connectivity index (χ4n) is 2.76. The van der Waals surface area contributed by atoms with E-state index in [4.69, 9.17) is 0 Å². The first-order valence-corrected chi connectivity index (χ1v) is 7.93. The van der Waals surface area contributed by atoms with Crippen LogP contribution < -0.4 is 5.32 Å². The normalized spacial score (nSPS) is 16.8. The molecular weight excluding hydrogens is 246 g/mol. The Hall–Kier alpha value is -1.28. The third-order valence-corrected chi connectivity index (χ3v) is 4.13. The number of benzene rings is 1. The van der Waals surface area contributed by atoms with E-state index in [0.29, 0.717) is 11.8 Å². The SMILES string of the molecule is C[C@@H](CCc1ccc(O)cc1)NCCC1=CCCCC1. The summed E-state index contributed by atoms with van der Waals surface area (Å²) in [7, 11) is 0. The Morgan fingerprint density at radius 1 is 1.15 bits per heavy atom. The summed E-state index contributed by atoms with van der Waals surface area (Å²) in [6.07, 6.45) is 11.2. The summed E-state index contributed by atoms with van der Waals surface area (Å²) in [5, 5.41) is 12.9. The summed E-state index contributed by atoms with van der Waals surface area (Å²) in [4.78, 5) is 0. The van der Waals surface area contributed by atoms with Gasteiger partial charge in [-0.2, -0.15) is 0 Å². The van der Waals surface area contributed by atoms with Gasteiger partial charge in [0.1, 0.15) is 5.75 Å². The number of allylic oxidation sites excluding steroid dienone is 1. The number of aromatic hydroxyl groups is 1. The van der Waals surface area contributed by atoms with Gasteiger partial charge >= 0.3 is 0 Å². The molecule has 0 spiro atoms. The van der Waals surface area contributed by atoms with Crippen LogP contribution in [0.1, 0.15) is 51.0 Å². The maximum absolute atomic E-state index is 9.26. The quantitative estimate of drug-likeness (QED) is 0.730. The Bertz CT molecular complexity index is 422. The van der Waals surface area contributed by atoms with Crippen molar-refractivity contribution in [3.8, 4) is 5.75 Å². The number of nitrogens with one attached hydrogen (secondary N) is 1. The van der Waals surface area contributed by atoms with Crippen molar-refractivity contribution < 1.29 is 5.11 Å². The minimum absolute atomic E-state index is 0.348. The van der Waals surface area contributed by atoms with Crippen LogP contribution in [0.25, 0.3) is 0 Å². The van der Waals surface area contributed by atoms with Gasteiger partial charge in [-0.25, -0.2) is 0 Å². The summed E-state index contributed by atoms with van der Waals surface area (Å²) in [5.41, 5.74) is 2.95. The first-order chi connectivity index (χ1) is 9.74. The number of phenolic OH excluding ortho intramolecular Hbond substituents is 1. The monoisotopic (exact) mass is 273 g/mol. The predicted molar refractivity (Wildman–Crippen MR) is 85.1 cm³/mol. The standard InChI is InChI=1S/C18H27NO/c1-15(7-8-17-9-11-18(20)12-10-17)19-14-13-16-5-3-2-4-6-16/h5,9-12,15,19-20H,2-4,6-8,13-14H2,1H3/t15-/m0/s1. The van der Waals surface area contributed by atoms with Crippen molar-refractivity contribution in [3.05, 3.63) is 41.5 Å². The molecule has 0 saturated carbocycles. The van der Waals surface area contributed by atoms with Gasteiger partial charge in [0.05, 0.1) is 0 Å². The summed E-state index contributed by atoms with van der Waals surface area (Å²) in [5.74, 6) is 0.348. The minimum Gasteiger partial charge on any atom is -0.508 e. The van der Waals surface area contributed by atoms with Crippen molar-refractivity contribution in [2.75, 3.05) is 6.54 Å². The number of hydrogen-bond acceptors (Lipinski definition) is 2. The number of hydrogen-bond donors (Lipinski definition) is 2. The molecule has 2 heteroatoms. The summed E-state index contributed by atoms with van der Waals surface area (Å²) >= 11 is 0. The molecule has 2 nitrogen and oxygen atoms in total. The van der Waals surface area contributed by atoms with Gasteiger partial charge in [0.25, 0.3) is 0 Å². The van der Waals surface area contributed by atoms with Crippen molar-refractivity contribution in [3.63, 3.8) is 0 Å². The maximum atomic E-state index is 9.26. The van der Waals surface area contributed by atoms with Crippen LogP contribution in [0.2, 0.25) is 0 Å². The molecular formula is C18H27NO. The molecule has 1 atom stereocenters. The third kappa shape index (κ3) is 5.38. The molecule has 2 N–H and O–H groups in total. The highest BCUT2D eigenvalue weighted by Gasteiger charge is 2.05. The number of phenols is 1. The van der Waals surface area contributed by atoms with E-state index in [2.05, 4.69) is 18.3 Å². The second kappa shape index (κ2) is 8.11. The fraction of sp³-hybridized carbons (Fsp3) is 0.556. The molecule has 0 unspecified atom stereocenters. The molecule has 0 amide bonds. The van der Waals surface area contributed by atoms with Crippen LogP contribution in [0.5, 0.6) is 5.75 Å². The zero-order chi connectivity index (χ0) is 14.2. The molecule has 2 rings (SSSR count). The summed E-state index contributed by atoms with van der Waals surface area (Å²) in [6.45, 7) is 3.36. The lowest BCUT2D eigenvalue weighted by Crippen LogP contribution is -2.27. The van der Waals surface area contributed by atoms with Gasteiger partial charge in [-0.1, -0.05) is 23.8 Å². The second-order valence-electron chi connectivity index (χ2n) is 5.92. The van der Waals surface area contributed by atoms with Crippen molar-refractivity contribution in [2.24, 2.45) is 0 Å². The molecule has 1 aliphatic rings. The molecule has 1 aromatic rings. The van der Waals surface area contributed by atoms with Crippen LogP contribution in [0.15, 0.2) is 35.9 Å².